The van der Waals surface area contributed by atoms with Crippen LogP contribution in [-0.4, -0.2) is 69.9 Å². The predicted octanol–water partition coefficient (Wildman–Crippen LogP) is 4.11. The van der Waals surface area contributed by atoms with E-state index in [9.17, 15) is 18.8 Å². The Morgan fingerprint density at radius 1 is 1.18 bits per heavy atom. The van der Waals surface area contributed by atoms with Gasteiger partial charge in [0, 0.05) is 25.7 Å². The molecule has 1 aliphatic rings. The number of esters is 1. The van der Waals surface area contributed by atoms with E-state index in [2.05, 4.69) is 9.97 Å². The maximum atomic E-state index is 14.7. The molecule has 1 amide bonds. The topological polar surface area (TPSA) is 107 Å². The van der Waals surface area contributed by atoms with Gasteiger partial charge >= 0.3 is 17.8 Å². The molecule has 202 valence electrons. The van der Waals surface area contributed by atoms with Crippen LogP contribution >= 0.6 is 11.6 Å². The highest BCUT2D eigenvalue weighted by Gasteiger charge is 2.32. The van der Waals surface area contributed by atoms with Crippen molar-refractivity contribution in [1.82, 2.24) is 19.4 Å². The van der Waals surface area contributed by atoms with Crippen molar-refractivity contribution in [2.24, 2.45) is 0 Å². The van der Waals surface area contributed by atoms with Crippen molar-refractivity contribution in [3.05, 3.63) is 56.8 Å². The Morgan fingerprint density at radius 2 is 1.89 bits per heavy atom. The lowest BCUT2D eigenvalue weighted by Gasteiger charge is -2.41. The number of hydrogen-bond acceptors (Lipinski definition) is 8. The van der Waals surface area contributed by atoms with Crippen molar-refractivity contribution in [2.75, 3.05) is 31.6 Å². The fraction of sp³-hybridized carbons (Fsp3) is 0.423. The molecule has 38 heavy (non-hydrogen) atoms. The fourth-order valence-corrected chi connectivity index (χ4v) is 4.63. The molecule has 0 aliphatic carbocycles. The number of ether oxygens (including phenoxy) is 2. The number of para-hydroxylation sites is 1. The van der Waals surface area contributed by atoms with E-state index in [0.717, 1.165) is 4.57 Å². The summed E-state index contributed by atoms with van der Waals surface area (Å²) in [5.41, 5.74) is -0.428. The second-order valence-electron chi connectivity index (χ2n) is 10.1. The van der Waals surface area contributed by atoms with Crippen molar-refractivity contribution in [3.8, 4) is 5.69 Å². The highest BCUT2D eigenvalue weighted by Crippen LogP contribution is 2.31. The van der Waals surface area contributed by atoms with E-state index in [1.165, 1.54) is 19.2 Å². The van der Waals surface area contributed by atoms with E-state index < -0.39 is 34.3 Å². The number of piperazine rings is 1. The number of fused-ring (bicyclic) bond motifs is 1. The Kier molecular flexibility index (Phi) is 7.33. The molecule has 1 atom stereocenters. The summed E-state index contributed by atoms with van der Waals surface area (Å²) < 4.78 is 26.3. The van der Waals surface area contributed by atoms with Gasteiger partial charge in [0.25, 0.3) is 0 Å². The van der Waals surface area contributed by atoms with E-state index in [0.29, 0.717) is 25.2 Å². The van der Waals surface area contributed by atoms with Crippen molar-refractivity contribution in [3.63, 3.8) is 0 Å². The van der Waals surface area contributed by atoms with Gasteiger partial charge in [0.1, 0.15) is 11.4 Å². The molecule has 12 heteroatoms. The van der Waals surface area contributed by atoms with Gasteiger partial charge in [0.2, 0.25) is 0 Å². The summed E-state index contributed by atoms with van der Waals surface area (Å²) >= 11 is 6.06. The minimum atomic E-state index is -0.787. The van der Waals surface area contributed by atoms with Crippen LogP contribution in [0.4, 0.5) is 15.0 Å². The third-order valence-electron chi connectivity index (χ3n) is 6.18. The summed E-state index contributed by atoms with van der Waals surface area (Å²) in [5, 5.41) is -0.207. The molecule has 4 rings (SSSR count). The molecule has 3 aromatic rings. The number of pyridine rings is 1. The van der Waals surface area contributed by atoms with Gasteiger partial charge < -0.3 is 19.3 Å². The molecule has 1 aromatic carbocycles. The second kappa shape index (κ2) is 10.2. The van der Waals surface area contributed by atoms with E-state index in [4.69, 9.17) is 21.1 Å². The van der Waals surface area contributed by atoms with Crippen LogP contribution in [0.5, 0.6) is 0 Å². The molecule has 0 unspecified atom stereocenters. The van der Waals surface area contributed by atoms with Crippen LogP contribution in [0.15, 0.2) is 29.1 Å². The number of halogens is 2. The normalized spacial score (nSPS) is 16.1. The zero-order chi connectivity index (χ0) is 27.9. The van der Waals surface area contributed by atoms with Gasteiger partial charge in [0.05, 0.1) is 23.7 Å². The quantitative estimate of drug-likeness (QED) is 0.357. The van der Waals surface area contributed by atoms with Gasteiger partial charge in [0.15, 0.2) is 16.6 Å². The summed E-state index contributed by atoms with van der Waals surface area (Å²) in [6.07, 6.45) is -0.438. The standard InChI is InChI=1S/C26H29ClFN5O5/c1-14-8-7-9-16(23(34)37-6)19(14)33-22-17(12-18(28)20(27)29-22)21(30-24(33)35)32-11-10-31(13-15(32)2)25(36)38-26(3,4)5/h7-9,12,15H,10-11,13H2,1-6H3/t15-/m0/s1. The number of anilines is 1. The fourth-order valence-electron chi connectivity index (χ4n) is 4.50. The molecular formula is C26H29ClFN5O5. The average molecular weight is 546 g/mol. The third kappa shape index (κ3) is 5.15. The second-order valence-corrected chi connectivity index (χ2v) is 10.5. The largest absolute Gasteiger partial charge is 0.465 e. The van der Waals surface area contributed by atoms with E-state index in [-0.39, 0.29) is 34.1 Å². The summed E-state index contributed by atoms with van der Waals surface area (Å²) in [4.78, 5) is 50.6. The van der Waals surface area contributed by atoms with Crippen LogP contribution in [0.3, 0.4) is 0 Å². The Hall–Kier alpha value is -3.73. The monoisotopic (exact) mass is 545 g/mol. The number of hydrogen-bond donors (Lipinski definition) is 0. The minimum absolute atomic E-state index is 0.0348. The Bertz CT molecular complexity index is 1490. The summed E-state index contributed by atoms with van der Waals surface area (Å²) in [6, 6.07) is 5.78. The van der Waals surface area contributed by atoms with E-state index in [1.807, 2.05) is 11.8 Å². The number of rotatable bonds is 3. The van der Waals surface area contributed by atoms with Crippen LogP contribution in [0, 0.1) is 12.7 Å². The number of carbonyl (C=O) groups excluding carboxylic acids is 2. The van der Waals surface area contributed by atoms with Gasteiger partial charge in [-0.1, -0.05) is 23.7 Å². The first-order chi connectivity index (χ1) is 17.8. The number of carbonyl (C=O) groups is 2. The minimum Gasteiger partial charge on any atom is -0.465 e. The molecule has 0 saturated carbocycles. The van der Waals surface area contributed by atoms with Crippen molar-refractivity contribution >= 4 is 40.5 Å². The highest BCUT2D eigenvalue weighted by molar-refractivity contribution is 6.30. The first-order valence-electron chi connectivity index (χ1n) is 12.0. The molecule has 1 fully saturated rings. The Morgan fingerprint density at radius 3 is 2.53 bits per heavy atom. The van der Waals surface area contributed by atoms with Crippen molar-refractivity contribution < 1.29 is 23.5 Å². The Balaban J connectivity index is 1.86. The van der Waals surface area contributed by atoms with E-state index >= 15 is 0 Å². The average Bonchev–Trinajstić information content (AvgIpc) is 2.84. The molecule has 0 spiro atoms. The zero-order valence-corrected chi connectivity index (χ0v) is 22.8. The number of benzene rings is 1. The maximum absolute atomic E-state index is 14.7. The molecule has 3 heterocycles. The molecular weight excluding hydrogens is 517 g/mol. The maximum Gasteiger partial charge on any atom is 0.410 e. The molecule has 10 nitrogen and oxygen atoms in total. The predicted molar refractivity (Wildman–Crippen MR) is 141 cm³/mol. The van der Waals surface area contributed by atoms with Crippen LogP contribution in [-0.2, 0) is 9.47 Å². The third-order valence-corrected chi connectivity index (χ3v) is 6.44. The lowest BCUT2D eigenvalue weighted by molar-refractivity contribution is 0.0218. The molecule has 0 bridgehead atoms. The summed E-state index contributed by atoms with van der Waals surface area (Å²) in [6.45, 7) is 9.89. The van der Waals surface area contributed by atoms with Crippen molar-refractivity contribution in [2.45, 2.75) is 46.3 Å². The van der Waals surface area contributed by atoms with Gasteiger partial charge in [-0.2, -0.15) is 4.98 Å². The van der Waals surface area contributed by atoms with Crippen LogP contribution in [0.1, 0.15) is 43.6 Å². The lowest BCUT2D eigenvalue weighted by atomic mass is 10.1. The number of nitrogens with zero attached hydrogens (tertiary/aromatic N) is 5. The van der Waals surface area contributed by atoms with Crippen LogP contribution in [0.25, 0.3) is 16.7 Å². The van der Waals surface area contributed by atoms with Crippen LogP contribution < -0.4 is 10.6 Å². The molecule has 1 aliphatic heterocycles. The molecule has 2 aromatic heterocycles. The van der Waals surface area contributed by atoms with Gasteiger partial charge in [-0.25, -0.2) is 28.3 Å². The smallest absolute Gasteiger partial charge is 0.410 e. The first-order valence-corrected chi connectivity index (χ1v) is 12.4. The SMILES string of the molecule is COC(=O)c1cccc(C)c1-n1c(=O)nc(N2CCN(C(=O)OC(C)(C)C)C[C@@H]2C)c2cc(F)c(Cl)nc21. The lowest BCUT2D eigenvalue weighted by Crippen LogP contribution is -2.55. The highest BCUT2D eigenvalue weighted by atomic mass is 35.5. The van der Waals surface area contributed by atoms with Crippen LogP contribution in [0.2, 0.25) is 5.15 Å². The van der Waals surface area contributed by atoms with Crippen molar-refractivity contribution in [1.29, 1.82) is 0 Å². The zero-order valence-electron chi connectivity index (χ0n) is 22.0. The first kappa shape index (κ1) is 27.3. The number of methoxy groups -OCH3 is 1. The van der Waals surface area contributed by atoms with Gasteiger partial charge in [-0.3, -0.25) is 0 Å². The molecule has 1 saturated heterocycles. The van der Waals surface area contributed by atoms with Gasteiger partial charge in [-0.05, 0) is 52.3 Å². The number of amides is 1. The molecule has 0 radical (unpaired) electrons. The Labute approximate surface area is 223 Å². The number of aryl methyl sites for hydroxylation is 1. The summed E-state index contributed by atoms with van der Waals surface area (Å²) in [5.74, 6) is -1.24. The number of aromatic nitrogens is 3. The molecule has 0 N–H and O–H groups in total. The van der Waals surface area contributed by atoms with E-state index in [1.54, 1.807) is 44.7 Å². The summed E-state index contributed by atoms with van der Waals surface area (Å²) in [7, 11) is 1.24. The van der Waals surface area contributed by atoms with Gasteiger partial charge in [-0.15, -0.1) is 0 Å².